The molecule has 68 valence electrons. The zero-order valence-corrected chi connectivity index (χ0v) is 7.87. The molecule has 0 aliphatic carbocycles. The largest absolute Gasteiger partial charge is 0.394 e. The minimum atomic E-state index is 0.125. The Morgan fingerprint density at radius 2 is 2.38 bits per heavy atom. The molecule has 4 heteroatoms. The van der Waals surface area contributed by atoms with E-state index in [2.05, 4.69) is 11.2 Å². The third-order valence-electron chi connectivity index (χ3n) is 1.80. The van der Waals surface area contributed by atoms with Crippen molar-refractivity contribution in [1.82, 2.24) is 9.78 Å². The summed E-state index contributed by atoms with van der Waals surface area (Å²) >= 11 is 1.68. The quantitative estimate of drug-likeness (QED) is 0.806. The standard InChI is InChI=1S/C9H10N2OS/c12-6-5-11-8(3-4-10-11)9-2-1-7-13-9/h1-4,7,12H,5-6H2. The maximum absolute atomic E-state index is 8.80. The minimum absolute atomic E-state index is 0.125. The molecule has 1 N–H and O–H groups in total. The lowest BCUT2D eigenvalue weighted by atomic mass is 10.3. The van der Waals surface area contributed by atoms with Crippen LogP contribution in [0.1, 0.15) is 0 Å². The third-order valence-corrected chi connectivity index (χ3v) is 2.69. The van der Waals surface area contributed by atoms with Crippen LogP contribution in [0.5, 0.6) is 0 Å². The molecule has 2 heterocycles. The summed E-state index contributed by atoms with van der Waals surface area (Å²) in [6.07, 6.45) is 1.75. The van der Waals surface area contributed by atoms with Gasteiger partial charge in [-0.1, -0.05) is 6.07 Å². The first-order valence-corrected chi connectivity index (χ1v) is 4.96. The summed E-state index contributed by atoms with van der Waals surface area (Å²) in [5.74, 6) is 0. The fourth-order valence-electron chi connectivity index (χ4n) is 1.24. The Kier molecular flexibility index (Phi) is 2.42. The van der Waals surface area contributed by atoms with Gasteiger partial charge < -0.3 is 5.11 Å². The normalized spacial score (nSPS) is 10.5. The Bertz CT molecular complexity index is 367. The molecule has 2 aromatic rings. The van der Waals surface area contributed by atoms with E-state index in [1.807, 2.05) is 22.2 Å². The highest BCUT2D eigenvalue weighted by atomic mass is 32.1. The van der Waals surface area contributed by atoms with Gasteiger partial charge in [-0.15, -0.1) is 11.3 Å². The lowest BCUT2D eigenvalue weighted by Crippen LogP contribution is -2.04. The van der Waals surface area contributed by atoms with E-state index in [0.29, 0.717) is 6.54 Å². The first-order valence-electron chi connectivity index (χ1n) is 4.08. The molecule has 0 aliphatic rings. The Labute approximate surface area is 80.3 Å². The van der Waals surface area contributed by atoms with Crippen molar-refractivity contribution in [2.75, 3.05) is 6.61 Å². The molecule has 0 aliphatic heterocycles. The Morgan fingerprint density at radius 3 is 3.08 bits per heavy atom. The van der Waals surface area contributed by atoms with Gasteiger partial charge in [-0.2, -0.15) is 5.10 Å². The summed E-state index contributed by atoms with van der Waals surface area (Å²) < 4.78 is 1.81. The van der Waals surface area contributed by atoms with Gasteiger partial charge in [0.05, 0.1) is 23.7 Å². The predicted molar refractivity (Wildman–Crippen MR) is 52.6 cm³/mol. The van der Waals surface area contributed by atoms with Gasteiger partial charge in [-0.25, -0.2) is 0 Å². The van der Waals surface area contributed by atoms with Gasteiger partial charge in [-0.05, 0) is 17.5 Å². The number of aliphatic hydroxyl groups excluding tert-OH is 1. The van der Waals surface area contributed by atoms with E-state index < -0.39 is 0 Å². The minimum Gasteiger partial charge on any atom is -0.394 e. The van der Waals surface area contributed by atoms with Crippen LogP contribution in [0.2, 0.25) is 0 Å². The van der Waals surface area contributed by atoms with Crippen molar-refractivity contribution in [3.8, 4) is 10.6 Å². The Hall–Kier alpha value is -1.13. The molecule has 0 radical (unpaired) electrons. The maximum Gasteiger partial charge on any atom is 0.0782 e. The van der Waals surface area contributed by atoms with Crippen LogP contribution in [0.15, 0.2) is 29.8 Å². The molecule has 3 nitrogen and oxygen atoms in total. The van der Waals surface area contributed by atoms with Crippen LogP contribution in [0.3, 0.4) is 0 Å². The molecular formula is C9H10N2OS. The number of hydrogen-bond donors (Lipinski definition) is 1. The first kappa shape index (κ1) is 8.47. The van der Waals surface area contributed by atoms with E-state index in [1.165, 1.54) is 4.88 Å². The average Bonchev–Trinajstić information content (AvgIpc) is 2.71. The summed E-state index contributed by atoms with van der Waals surface area (Å²) in [4.78, 5) is 1.19. The van der Waals surface area contributed by atoms with Gasteiger partial charge in [0, 0.05) is 6.20 Å². The van der Waals surface area contributed by atoms with Gasteiger partial charge in [0.15, 0.2) is 0 Å². The van der Waals surface area contributed by atoms with Crippen molar-refractivity contribution in [1.29, 1.82) is 0 Å². The summed E-state index contributed by atoms with van der Waals surface area (Å²) in [6, 6.07) is 6.02. The van der Waals surface area contributed by atoms with Crippen LogP contribution in [0.25, 0.3) is 10.6 Å². The number of hydrogen-bond acceptors (Lipinski definition) is 3. The van der Waals surface area contributed by atoms with Crippen molar-refractivity contribution in [2.24, 2.45) is 0 Å². The molecule has 2 rings (SSSR count). The fraction of sp³-hybridized carbons (Fsp3) is 0.222. The van der Waals surface area contributed by atoms with Crippen LogP contribution >= 0.6 is 11.3 Å². The topological polar surface area (TPSA) is 38.0 Å². The van der Waals surface area contributed by atoms with E-state index in [1.54, 1.807) is 17.5 Å². The maximum atomic E-state index is 8.80. The number of thiophene rings is 1. The molecular weight excluding hydrogens is 184 g/mol. The highest BCUT2D eigenvalue weighted by Gasteiger charge is 2.04. The van der Waals surface area contributed by atoms with Crippen LogP contribution in [0, 0.1) is 0 Å². The van der Waals surface area contributed by atoms with Crippen LogP contribution in [0.4, 0.5) is 0 Å². The van der Waals surface area contributed by atoms with E-state index in [9.17, 15) is 0 Å². The van der Waals surface area contributed by atoms with E-state index in [-0.39, 0.29) is 6.61 Å². The number of rotatable bonds is 3. The van der Waals surface area contributed by atoms with Gasteiger partial charge in [0.25, 0.3) is 0 Å². The van der Waals surface area contributed by atoms with Gasteiger partial charge in [-0.3, -0.25) is 4.68 Å². The van der Waals surface area contributed by atoms with Gasteiger partial charge in [0.2, 0.25) is 0 Å². The third kappa shape index (κ3) is 1.64. The summed E-state index contributed by atoms with van der Waals surface area (Å²) in [7, 11) is 0. The second-order valence-corrected chi connectivity index (χ2v) is 3.59. The fourth-order valence-corrected chi connectivity index (χ4v) is 1.99. The molecule has 0 unspecified atom stereocenters. The molecule has 0 amide bonds. The molecule has 13 heavy (non-hydrogen) atoms. The molecule has 0 bridgehead atoms. The highest BCUT2D eigenvalue weighted by molar-refractivity contribution is 7.13. The molecule has 0 saturated carbocycles. The number of aliphatic hydroxyl groups is 1. The van der Waals surface area contributed by atoms with Gasteiger partial charge >= 0.3 is 0 Å². The van der Waals surface area contributed by atoms with Crippen molar-refractivity contribution in [3.63, 3.8) is 0 Å². The Balaban J connectivity index is 2.35. The van der Waals surface area contributed by atoms with E-state index in [4.69, 9.17) is 5.11 Å². The van der Waals surface area contributed by atoms with E-state index >= 15 is 0 Å². The van der Waals surface area contributed by atoms with Crippen LogP contribution in [-0.2, 0) is 6.54 Å². The second-order valence-electron chi connectivity index (χ2n) is 2.64. The highest BCUT2D eigenvalue weighted by Crippen LogP contribution is 2.23. The summed E-state index contributed by atoms with van der Waals surface area (Å²) in [6.45, 7) is 0.681. The average molecular weight is 194 g/mol. The van der Waals surface area contributed by atoms with Crippen molar-refractivity contribution >= 4 is 11.3 Å². The summed E-state index contributed by atoms with van der Waals surface area (Å²) in [5, 5.41) is 15.0. The molecule has 2 aromatic heterocycles. The SMILES string of the molecule is OCCn1nccc1-c1cccs1. The zero-order valence-electron chi connectivity index (χ0n) is 7.05. The van der Waals surface area contributed by atoms with Gasteiger partial charge in [0.1, 0.15) is 0 Å². The number of nitrogens with zero attached hydrogens (tertiary/aromatic N) is 2. The van der Waals surface area contributed by atoms with Crippen molar-refractivity contribution < 1.29 is 5.11 Å². The predicted octanol–water partition coefficient (Wildman–Crippen LogP) is 1.60. The molecule has 0 atom stereocenters. The lowest BCUT2D eigenvalue weighted by Gasteiger charge is -2.02. The Morgan fingerprint density at radius 1 is 1.46 bits per heavy atom. The summed E-state index contributed by atoms with van der Waals surface area (Å²) in [5.41, 5.74) is 1.07. The monoisotopic (exact) mass is 194 g/mol. The van der Waals surface area contributed by atoms with Crippen molar-refractivity contribution in [3.05, 3.63) is 29.8 Å². The smallest absolute Gasteiger partial charge is 0.0782 e. The molecule has 0 aromatic carbocycles. The van der Waals surface area contributed by atoms with Crippen LogP contribution in [-0.4, -0.2) is 21.5 Å². The first-order chi connectivity index (χ1) is 6.42. The lowest BCUT2D eigenvalue weighted by molar-refractivity contribution is 0.270. The zero-order chi connectivity index (χ0) is 9.10. The van der Waals surface area contributed by atoms with Crippen molar-refractivity contribution in [2.45, 2.75) is 6.54 Å². The number of aromatic nitrogens is 2. The van der Waals surface area contributed by atoms with E-state index in [0.717, 1.165) is 5.69 Å². The van der Waals surface area contributed by atoms with Crippen LogP contribution < -0.4 is 0 Å². The second kappa shape index (κ2) is 3.72. The molecule has 0 fully saturated rings. The molecule has 0 spiro atoms. The molecule has 0 saturated heterocycles.